The van der Waals surface area contributed by atoms with Gasteiger partial charge >= 0.3 is 6.03 Å². The van der Waals surface area contributed by atoms with Crippen LogP contribution in [0.4, 0.5) is 4.79 Å². The van der Waals surface area contributed by atoms with E-state index in [1.807, 2.05) is 6.92 Å². The zero-order chi connectivity index (χ0) is 9.68. The molecule has 0 heterocycles. The molecule has 0 aromatic rings. The minimum atomic E-state index is -0.291. The lowest BCUT2D eigenvalue weighted by atomic mass is 10.2. The third-order valence-electron chi connectivity index (χ3n) is 2.15. The lowest BCUT2D eigenvalue weighted by molar-refractivity contribution is 0.160. The van der Waals surface area contributed by atoms with E-state index in [1.54, 1.807) is 0 Å². The maximum absolute atomic E-state index is 11.1. The molecule has 1 unspecified atom stereocenters. The maximum atomic E-state index is 11.1. The molecule has 2 amide bonds. The number of aliphatic hydroxyl groups excluding tert-OH is 1. The van der Waals surface area contributed by atoms with E-state index in [0.29, 0.717) is 19.0 Å². The molecule has 1 rings (SSSR count). The highest BCUT2D eigenvalue weighted by Gasteiger charge is 2.22. The first-order valence-electron chi connectivity index (χ1n) is 4.94. The third-order valence-corrected chi connectivity index (χ3v) is 2.15. The molecule has 0 bridgehead atoms. The van der Waals surface area contributed by atoms with Gasteiger partial charge in [-0.25, -0.2) is 4.79 Å². The van der Waals surface area contributed by atoms with Crippen LogP contribution in [0.3, 0.4) is 0 Å². The number of hydrogen-bond acceptors (Lipinski definition) is 2. The molecule has 1 aliphatic rings. The number of nitrogens with one attached hydrogen (secondary N) is 2. The number of urea groups is 1. The molecule has 0 aliphatic heterocycles. The number of carbonyl (C=O) groups excluding carboxylic acids is 1. The predicted octanol–water partition coefficient (Wildman–Crippen LogP) is 0.609. The van der Waals surface area contributed by atoms with Crippen molar-refractivity contribution in [2.45, 2.75) is 44.8 Å². The summed E-state index contributed by atoms with van der Waals surface area (Å²) in [6, 6.07) is 0.293. The van der Waals surface area contributed by atoms with Gasteiger partial charge in [0.2, 0.25) is 0 Å². The standard InChI is InChI=1S/C9H18N2O2/c1-2-8(12)5-6-10-9(13)11-7-3-4-7/h7-8,12H,2-6H2,1H3,(H2,10,11,13). The van der Waals surface area contributed by atoms with Gasteiger partial charge in [0, 0.05) is 12.6 Å². The van der Waals surface area contributed by atoms with Crippen LogP contribution in [0.2, 0.25) is 0 Å². The van der Waals surface area contributed by atoms with E-state index in [4.69, 9.17) is 0 Å². The Kier molecular flexibility index (Phi) is 4.02. The molecule has 0 aromatic carbocycles. The van der Waals surface area contributed by atoms with Crippen LogP contribution < -0.4 is 10.6 Å². The molecule has 1 saturated carbocycles. The zero-order valence-electron chi connectivity index (χ0n) is 8.05. The van der Waals surface area contributed by atoms with Gasteiger partial charge < -0.3 is 15.7 Å². The van der Waals surface area contributed by atoms with Gasteiger partial charge in [0.05, 0.1) is 6.10 Å². The van der Waals surface area contributed by atoms with Crippen molar-refractivity contribution in [1.29, 1.82) is 0 Å². The summed E-state index contributed by atoms with van der Waals surface area (Å²) in [6.45, 7) is 2.47. The van der Waals surface area contributed by atoms with Crippen LogP contribution in [0.5, 0.6) is 0 Å². The van der Waals surface area contributed by atoms with Crippen molar-refractivity contribution >= 4 is 6.03 Å². The summed E-state index contributed by atoms with van der Waals surface area (Å²) in [5.41, 5.74) is 0. The molecule has 0 saturated heterocycles. The van der Waals surface area contributed by atoms with Crippen molar-refractivity contribution in [3.8, 4) is 0 Å². The molecule has 76 valence electrons. The van der Waals surface area contributed by atoms with Gasteiger partial charge in [0.15, 0.2) is 0 Å². The Morgan fingerprint density at radius 1 is 1.62 bits per heavy atom. The first-order chi connectivity index (χ1) is 6.22. The number of aliphatic hydroxyl groups is 1. The van der Waals surface area contributed by atoms with E-state index in [2.05, 4.69) is 10.6 Å². The summed E-state index contributed by atoms with van der Waals surface area (Å²) < 4.78 is 0. The first kappa shape index (κ1) is 10.3. The third kappa shape index (κ3) is 4.72. The van der Waals surface area contributed by atoms with Crippen LogP contribution in [-0.4, -0.2) is 29.8 Å². The summed E-state index contributed by atoms with van der Waals surface area (Å²) in [6.07, 6.45) is 3.29. The summed E-state index contributed by atoms with van der Waals surface area (Å²) in [4.78, 5) is 11.1. The van der Waals surface area contributed by atoms with Crippen LogP contribution in [0.1, 0.15) is 32.6 Å². The Morgan fingerprint density at radius 3 is 2.85 bits per heavy atom. The summed E-state index contributed by atoms with van der Waals surface area (Å²) in [7, 11) is 0. The first-order valence-corrected chi connectivity index (χ1v) is 4.94. The molecule has 1 fully saturated rings. The van der Waals surface area contributed by atoms with Crippen LogP contribution in [0, 0.1) is 0 Å². The van der Waals surface area contributed by atoms with E-state index in [-0.39, 0.29) is 12.1 Å². The topological polar surface area (TPSA) is 61.4 Å². The van der Waals surface area contributed by atoms with Crippen LogP contribution >= 0.6 is 0 Å². The van der Waals surface area contributed by atoms with Crippen molar-refractivity contribution < 1.29 is 9.90 Å². The van der Waals surface area contributed by atoms with Gasteiger partial charge in [-0.1, -0.05) is 6.92 Å². The van der Waals surface area contributed by atoms with Crippen LogP contribution in [0.25, 0.3) is 0 Å². The second-order valence-corrected chi connectivity index (χ2v) is 3.53. The Hall–Kier alpha value is -0.770. The molecular weight excluding hydrogens is 168 g/mol. The highest BCUT2D eigenvalue weighted by atomic mass is 16.3. The fraction of sp³-hybridized carbons (Fsp3) is 0.889. The number of carbonyl (C=O) groups is 1. The SMILES string of the molecule is CCC(O)CCNC(=O)NC1CC1. The van der Waals surface area contributed by atoms with Crippen molar-refractivity contribution in [3.05, 3.63) is 0 Å². The van der Waals surface area contributed by atoms with Gasteiger partial charge in [-0.2, -0.15) is 0 Å². The van der Waals surface area contributed by atoms with Crippen molar-refractivity contribution in [1.82, 2.24) is 10.6 Å². The normalized spacial score (nSPS) is 18.0. The van der Waals surface area contributed by atoms with E-state index in [1.165, 1.54) is 0 Å². The molecule has 4 nitrogen and oxygen atoms in total. The number of amides is 2. The monoisotopic (exact) mass is 186 g/mol. The lowest BCUT2D eigenvalue weighted by Gasteiger charge is -2.09. The summed E-state index contributed by atoms with van der Waals surface area (Å²) >= 11 is 0. The minimum absolute atomic E-state index is 0.106. The van der Waals surface area contributed by atoms with Gasteiger partial charge in [-0.3, -0.25) is 0 Å². The summed E-state index contributed by atoms with van der Waals surface area (Å²) in [5, 5.41) is 14.7. The van der Waals surface area contributed by atoms with Crippen LogP contribution in [-0.2, 0) is 0 Å². The van der Waals surface area contributed by atoms with Crippen molar-refractivity contribution in [2.24, 2.45) is 0 Å². The van der Waals surface area contributed by atoms with Gasteiger partial charge in [0.1, 0.15) is 0 Å². The molecule has 0 radical (unpaired) electrons. The van der Waals surface area contributed by atoms with Crippen molar-refractivity contribution in [2.75, 3.05) is 6.54 Å². The fourth-order valence-electron chi connectivity index (χ4n) is 1.02. The van der Waals surface area contributed by atoms with Gasteiger partial charge in [-0.05, 0) is 25.7 Å². The summed E-state index contributed by atoms with van der Waals surface area (Å²) in [5.74, 6) is 0. The predicted molar refractivity (Wildman–Crippen MR) is 50.5 cm³/mol. The quantitative estimate of drug-likeness (QED) is 0.589. The van der Waals surface area contributed by atoms with Crippen molar-refractivity contribution in [3.63, 3.8) is 0 Å². The average Bonchev–Trinajstić information content (AvgIpc) is 2.88. The van der Waals surface area contributed by atoms with E-state index in [9.17, 15) is 9.90 Å². The maximum Gasteiger partial charge on any atom is 0.315 e. The van der Waals surface area contributed by atoms with Crippen LogP contribution in [0.15, 0.2) is 0 Å². The highest BCUT2D eigenvalue weighted by molar-refractivity contribution is 5.74. The van der Waals surface area contributed by atoms with E-state index >= 15 is 0 Å². The smallest absolute Gasteiger partial charge is 0.315 e. The van der Waals surface area contributed by atoms with Gasteiger partial charge in [-0.15, -0.1) is 0 Å². The second-order valence-electron chi connectivity index (χ2n) is 3.53. The lowest BCUT2D eigenvalue weighted by Crippen LogP contribution is -2.38. The average molecular weight is 186 g/mol. The van der Waals surface area contributed by atoms with Gasteiger partial charge in [0.25, 0.3) is 0 Å². The molecule has 0 aromatic heterocycles. The Morgan fingerprint density at radius 2 is 2.31 bits per heavy atom. The number of hydrogen-bond donors (Lipinski definition) is 3. The molecular formula is C9H18N2O2. The molecule has 13 heavy (non-hydrogen) atoms. The Bertz CT molecular complexity index is 169. The molecule has 0 spiro atoms. The highest BCUT2D eigenvalue weighted by Crippen LogP contribution is 2.18. The Labute approximate surface area is 78.7 Å². The van der Waals surface area contributed by atoms with E-state index < -0.39 is 0 Å². The minimum Gasteiger partial charge on any atom is -0.393 e. The fourth-order valence-corrected chi connectivity index (χ4v) is 1.02. The second kappa shape index (κ2) is 5.07. The molecule has 1 atom stereocenters. The number of rotatable bonds is 5. The molecule has 3 N–H and O–H groups in total. The molecule has 1 aliphatic carbocycles. The van der Waals surface area contributed by atoms with E-state index in [0.717, 1.165) is 19.3 Å². The molecule has 4 heteroatoms. The zero-order valence-corrected chi connectivity index (χ0v) is 8.05. The largest absolute Gasteiger partial charge is 0.393 e. The Balaban J connectivity index is 1.94.